The van der Waals surface area contributed by atoms with Gasteiger partial charge in [-0.2, -0.15) is 4.31 Å². The zero-order valence-corrected chi connectivity index (χ0v) is 9.98. The van der Waals surface area contributed by atoms with E-state index in [1.54, 1.807) is 6.07 Å². The average Bonchev–Trinajstić information content (AvgIpc) is 2.75. The fraction of sp³-hybridized carbons (Fsp3) is 0.600. The molecule has 0 spiro atoms. The molecule has 2 atom stereocenters. The van der Waals surface area contributed by atoms with E-state index in [0.717, 1.165) is 0 Å². The van der Waals surface area contributed by atoms with Gasteiger partial charge < -0.3 is 10.2 Å². The van der Waals surface area contributed by atoms with Crippen molar-refractivity contribution >= 4 is 10.0 Å². The van der Waals surface area contributed by atoms with Gasteiger partial charge in [0.15, 0.2) is 0 Å². The molecular formula is C10H16N2O3S. The summed E-state index contributed by atoms with van der Waals surface area (Å²) in [5.74, 6) is 0.179. The van der Waals surface area contributed by atoms with E-state index in [2.05, 4.69) is 0 Å². The molecule has 5 nitrogen and oxygen atoms in total. The molecule has 1 aromatic heterocycles. The Kier molecular flexibility index (Phi) is 3.05. The highest BCUT2D eigenvalue weighted by Gasteiger charge is 2.33. The normalized spacial score (nSPS) is 28.1. The van der Waals surface area contributed by atoms with Crippen LogP contribution in [0.2, 0.25) is 0 Å². The van der Waals surface area contributed by atoms with Crippen LogP contribution in [0.25, 0.3) is 0 Å². The molecule has 0 aliphatic carbocycles. The Morgan fingerprint density at radius 2 is 2.31 bits per heavy atom. The molecule has 1 aliphatic heterocycles. The van der Waals surface area contributed by atoms with Gasteiger partial charge in [0.05, 0.1) is 6.26 Å². The largest absolute Gasteiger partial charge is 0.452 e. The summed E-state index contributed by atoms with van der Waals surface area (Å²) in [5.41, 5.74) is 5.86. The zero-order chi connectivity index (χ0) is 11.8. The van der Waals surface area contributed by atoms with Crippen LogP contribution in [0.15, 0.2) is 27.9 Å². The molecule has 2 rings (SSSR count). The van der Waals surface area contributed by atoms with E-state index in [1.807, 2.05) is 6.92 Å². The Morgan fingerprint density at radius 1 is 1.56 bits per heavy atom. The summed E-state index contributed by atoms with van der Waals surface area (Å²) in [6, 6.07) is 3.13. The number of nitrogens with two attached hydrogens (primary N) is 1. The number of nitrogens with zero attached hydrogens (tertiary/aromatic N) is 1. The second-order valence-corrected chi connectivity index (χ2v) is 6.09. The molecule has 1 aliphatic rings. The van der Waals surface area contributed by atoms with Crippen LogP contribution in [0.5, 0.6) is 0 Å². The first-order valence-electron chi connectivity index (χ1n) is 5.31. The SMILES string of the molecule is CC1CN(S(=O)(=O)c2ccco2)CCC1N. The van der Waals surface area contributed by atoms with Gasteiger partial charge in [0.2, 0.25) is 5.09 Å². The van der Waals surface area contributed by atoms with Crippen molar-refractivity contribution in [2.75, 3.05) is 13.1 Å². The van der Waals surface area contributed by atoms with E-state index < -0.39 is 10.0 Å². The summed E-state index contributed by atoms with van der Waals surface area (Å²) >= 11 is 0. The zero-order valence-electron chi connectivity index (χ0n) is 9.17. The van der Waals surface area contributed by atoms with Crippen molar-refractivity contribution in [1.82, 2.24) is 4.31 Å². The minimum atomic E-state index is -3.46. The molecule has 6 heteroatoms. The van der Waals surface area contributed by atoms with Gasteiger partial charge in [-0.3, -0.25) is 0 Å². The maximum Gasteiger partial charge on any atom is 0.276 e. The van der Waals surface area contributed by atoms with Crippen molar-refractivity contribution < 1.29 is 12.8 Å². The summed E-state index contributed by atoms with van der Waals surface area (Å²) in [5, 5.41) is 0.00942. The van der Waals surface area contributed by atoms with Gasteiger partial charge in [0, 0.05) is 19.1 Å². The highest BCUT2D eigenvalue weighted by atomic mass is 32.2. The number of furan rings is 1. The van der Waals surface area contributed by atoms with Crippen molar-refractivity contribution in [3.63, 3.8) is 0 Å². The first-order chi connectivity index (χ1) is 7.51. The van der Waals surface area contributed by atoms with Crippen LogP contribution >= 0.6 is 0 Å². The molecule has 2 heterocycles. The number of hydrogen-bond donors (Lipinski definition) is 1. The van der Waals surface area contributed by atoms with E-state index in [9.17, 15) is 8.42 Å². The molecule has 2 N–H and O–H groups in total. The van der Waals surface area contributed by atoms with Crippen molar-refractivity contribution in [2.24, 2.45) is 11.7 Å². The Bertz CT molecular complexity index is 441. The monoisotopic (exact) mass is 244 g/mol. The summed E-state index contributed by atoms with van der Waals surface area (Å²) in [7, 11) is -3.46. The summed E-state index contributed by atoms with van der Waals surface area (Å²) in [6.45, 7) is 2.90. The minimum absolute atomic E-state index is 0.00942. The number of hydrogen-bond acceptors (Lipinski definition) is 4. The lowest BCUT2D eigenvalue weighted by molar-refractivity contribution is 0.245. The fourth-order valence-corrected chi connectivity index (χ4v) is 3.34. The van der Waals surface area contributed by atoms with E-state index in [4.69, 9.17) is 10.2 Å². The lowest BCUT2D eigenvalue weighted by Crippen LogP contribution is -2.47. The van der Waals surface area contributed by atoms with Crippen molar-refractivity contribution in [1.29, 1.82) is 0 Å². The fourth-order valence-electron chi connectivity index (χ4n) is 1.88. The molecule has 2 unspecified atom stereocenters. The molecule has 1 saturated heterocycles. The Labute approximate surface area is 95.3 Å². The number of sulfonamides is 1. The number of rotatable bonds is 2. The predicted molar refractivity (Wildman–Crippen MR) is 59.2 cm³/mol. The molecule has 90 valence electrons. The van der Waals surface area contributed by atoms with E-state index >= 15 is 0 Å². The van der Waals surface area contributed by atoms with Crippen molar-refractivity contribution in [3.8, 4) is 0 Å². The van der Waals surface area contributed by atoms with Gasteiger partial charge in [0.1, 0.15) is 0 Å². The third kappa shape index (κ3) is 2.00. The highest BCUT2D eigenvalue weighted by molar-refractivity contribution is 7.89. The summed E-state index contributed by atoms with van der Waals surface area (Å²) in [4.78, 5) is 0. The van der Waals surface area contributed by atoms with E-state index in [-0.39, 0.29) is 17.1 Å². The molecule has 0 radical (unpaired) electrons. The molecule has 0 bridgehead atoms. The summed E-state index contributed by atoms with van der Waals surface area (Å²) < 4.78 is 30.6. The van der Waals surface area contributed by atoms with Crippen LogP contribution in [0.1, 0.15) is 13.3 Å². The predicted octanol–water partition coefficient (Wildman–Crippen LogP) is 0.637. The maximum atomic E-state index is 12.1. The lowest BCUT2D eigenvalue weighted by Gasteiger charge is -2.33. The van der Waals surface area contributed by atoms with Crippen LogP contribution in [0, 0.1) is 5.92 Å². The molecule has 1 fully saturated rings. The molecule has 1 aromatic rings. The van der Waals surface area contributed by atoms with Crippen LogP contribution in [-0.4, -0.2) is 31.9 Å². The molecule has 16 heavy (non-hydrogen) atoms. The second kappa shape index (κ2) is 4.20. The highest BCUT2D eigenvalue weighted by Crippen LogP contribution is 2.22. The van der Waals surface area contributed by atoms with Crippen LogP contribution in [0.4, 0.5) is 0 Å². The van der Waals surface area contributed by atoms with Gasteiger partial charge in [-0.15, -0.1) is 0 Å². The lowest BCUT2D eigenvalue weighted by atomic mass is 9.96. The van der Waals surface area contributed by atoms with Crippen molar-refractivity contribution in [3.05, 3.63) is 18.4 Å². The topological polar surface area (TPSA) is 76.5 Å². The first kappa shape index (κ1) is 11.6. The van der Waals surface area contributed by atoms with Gasteiger partial charge in [-0.05, 0) is 24.5 Å². The van der Waals surface area contributed by atoms with Crippen LogP contribution < -0.4 is 5.73 Å². The third-order valence-electron chi connectivity index (χ3n) is 3.02. The quantitative estimate of drug-likeness (QED) is 0.828. The molecular weight excluding hydrogens is 228 g/mol. The summed E-state index contributed by atoms with van der Waals surface area (Å²) in [6.07, 6.45) is 2.06. The van der Waals surface area contributed by atoms with Crippen LogP contribution in [-0.2, 0) is 10.0 Å². The van der Waals surface area contributed by atoms with E-state index in [0.29, 0.717) is 19.5 Å². The first-order valence-corrected chi connectivity index (χ1v) is 6.75. The molecule has 0 saturated carbocycles. The van der Waals surface area contributed by atoms with Crippen LogP contribution in [0.3, 0.4) is 0 Å². The van der Waals surface area contributed by atoms with Crippen molar-refractivity contribution in [2.45, 2.75) is 24.5 Å². The average molecular weight is 244 g/mol. The Morgan fingerprint density at radius 3 is 2.88 bits per heavy atom. The standard InChI is InChI=1S/C10H16N2O3S/c1-8-7-12(5-4-9(8)11)16(13,14)10-3-2-6-15-10/h2-3,6,8-9H,4-5,7,11H2,1H3. The second-order valence-electron chi connectivity index (χ2n) is 4.22. The van der Waals surface area contributed by atoms with Gasteiger partial charge >= 0.3 is 0 Å². The molecule has 0 aromatic carbocycles. The smallest absolute Gasteiger partial charge is 0.276 e. The van der Waals surface area contributed by atoms with E-state index in [1.165, 1.54) is 16.6 Å². The van der Waals surface area contributed by atoms with Gasteiger partial charge in [-0.25, -0.2) is 8.42 Å². The van der Waals surface area contributed by atoms with Gasteiger partial charge in [-0.1, -0.05) is 6.92 Å². The number of piperidine rings is 1. The minimum Gasteiger partial charge on any atom is -0.452 e. The third-order valence-corrected chi connectivity index (χ3v) is 4.78. The maximum absolute atomic E-state index is 12.1. The molecule has 0 amide bonds. The Balaban J connectivity index is 2.20. The Hall–Kier alpha value is -0.850. The van der Waals surface area contributed by atoms with Gasteiger partial charge in [0.25, 0.3) is 10.0 Å².